The van der Waals surface area contributed by atoms with E-state index in [-0.39, 0.29) is 24.1 Å². The van der Waals surface area contributed by atoms with Crippen molar-refractivity contribution in [3.63, 3.8) is 0 Å². The number of aromatic amines is 1. The zero-order chi connectivity index (χ0) is 12.1. The number of aromatic nitrogens is 3. The zero-order valence-electron chi connectivity index (χ0n) is 9.57. The third-order valence-corrected chi connectivity index (χ3v) is 2.09. The largest absolute Gasteiger partial charge is 0.359 e. The van der Waals surface area contributed by atoms with Gasteiger partial charge in [0, 0.05) is 27.1 Å². The fourth-order valence-corrected chi connectivity index (χ4v) is 1.10. The molecule has 0 aliphatic heterocycles. The van der Waals surface area contributed by atoms with E-state index in [4.69, 9.17) is 0 Å². The summed E-state index contributed by atoms with van der Waals surface area (Å²) in [6, 6.07) is 0. The fraction of sp³-hybridized carbons (Fsp3) is 0.556. The second kappa shape index (κ2) is 5.24. The summed E-state index contributed by atoms with van der Waals surface area (Å²) in [6.07, 6.45) is 0.266. The summed E-state index contributed by atoms with van der Waals surface area (Å²) in [5.74, 6) is 0.305. The van der Waals surface area contributed by atoms with Crippen LogP contribution in [-0.2, 0) is 4.79 Å². The van der Waals surface area contributed by atoms with Gasteiger partial charge in [-0.3, -0.25) is 14.7 Å². The Morgan fingerprint density at radius 2 is 2.19 bits per heavy atom. The van der Waals surface area contributed by atoms with Crippen molar-refractivity contribution < 1.29 is 9.59 Å². The van der Waals surface area contributed by atoms with Crippen molar-refractivity contribution in [1.29, 1.82) is 0 Å². The van der Waals surface area contributed by atoms with Crippen LogP contribution in [0.25, 0.3) is 0 Å². The van der Waals surface area contributed by atoms with Gasteiger partial charge in [0.05, 0.1) is 0 Å². The highest BCUT2D eigenvalue weighted by Gasteiger charge is 2.16. The van der Waals surface area contributed by atoms with E-state index in [0.717, 1.165) is 0 Å². The SMILES string of the molecule is CNC(=O)CCN(C)C(=O)c1n[nH]c(C)n1. The molecule has 2 N–H and O–H groups in total. The summed E-state index contributed by atoms with van der Waals surface area (Å²) in [5, 5.41) is 8.84. The molecule has 1 aromatic rings. The maximum absolute atomic E-state index is 11.7. The van der Waals surface area contributed by atoms with Crippen molar-refractivity contribution in [1.82, 2.24) is 25.4 Å². The molecule has 0 spiro atoms. The predicted octanol–water partition coefficient (Wildman–Crippen LogP) is -0.679. The third-order valence-electron chi connectivity index (χ3n) is 2.09. The highest BCUT2D eigenvalue weighted by molar-refractivity contribution is 5.90. The highest BCUT2D eigenvalue weighted by Crippen LogP contribution is 1.98. The van der Waals surface area contributed by atoms with Crippen LogP contribution in [0, 0.1) is 6.92 Å². The van der Waals surface area contributed by atoms with Gasteiger partial charge in [0.15, 0.2) is 0 Å². The molecule has 0 atom stereocenters. The number of aryl methyl sites for hydroxylation is 1. The normalized spacial score (nSPS) is 9.94. The van der Waals surface area contributed by atoms with Gasteiger partial charge >= 0.3 is 0 Å². The Balaban J connectivity index is 2.51. The number of hydrogen-bond acceptors (Lipinski definition) is 4. The molecule has 1 rings (SSSR count). The Labute approximate surface area is 93.2 Å². The summed E-state index contributed by atoms with van der Waals surface area (Å²) in [6.45, 7) is 2.06. The van der Waals surface area contributed by atoms with Gasteiger partial charge in [-0.25, -0.2) is 4.98 Å². The minimum absolute atomic E-state index is 0.106. The highest BCUT2D eigenvalue weighted by atomic mass is 16.2. The molecule has 0 aliphatic rings. The van der Waals surface area contributed by atoms with Crippen molar-refractivity contribution in [2.75, 3.05) is 20.6 Å². The number of nitrogens with one attached hydrogen (secondary N) is 2. The van der Waals surface area contributed by atoms with E-state index < -0.39 is 0 Å². The van der Waals surface area contributed by atoms with Gasteiger partial charge in [-0.1, -0.05) is 0 Å². The van der Waals surface area contributed by atoms with E-state index in [1.165, 1.54) is 4.90 Å². The molecular formula is C9H15N5O2. The van der Waals surface area contributed by atoms with Crippen molar-refractivity contribution in [3.05, 3.63) is 11.6 Å². The Hall–Kier alpha value is -1.92. The first-order valence-corrected chi connectivity index (χ1v) is 4.89. The molecule has 88 valence electrons. The average Bonchev–Trinajstić information content (AvgIpc) is 2.71. The lowest BCUT2D eigenvalue weighted by atomic mass is 10.3. The van der Waals surface area contributed by atoms with E-state index in [0.29, 0.717) is 12.4 Å². The van der Waals surface area contributed by atoms with Gasteiger partial charge in [-0.2, -0.15) is 0 Å². The molecule has 7 nitrogen and oxygen atoms in total. The summed E-state index contributed by atoms with van der Waals surface area (Å²) < 4.78 is 0. The number of carbonyl (C=O) groups excluding carboxylic acids is 2. The van der Waals surface area contributed by atoms with Crippen LogP contribution in [0.15, 0.2) is 0 Å². The smallest absolute Gasteiger partial charge is 0.293 e. The average molecular weight is 225 g/mol. The Morgan fingerprint density at radius 3 is 2.69 bits per heavy atom. The van der Waals surface area contributed by atoms with Gasteiger partial charge in [0.2, 0.25) is 11.7 Å². The summed E-state index contributed by atoms with van der Waals surface area (Å²) in [5.41, 5.74) is 0. The molecule has 1 heterocycles. The number of amides is 2. The number of hydrogen-bond donors (Lipinski definition) is 2. The molecule has 1 aromatic heterocycles. The molecule has 0 radical (unpaired) electrons. The molecule has 0 unspecified atom stereocenters. The zero-order valence-corrected chi connectivity index (χ0v) is 9.57. The minimum atomic E-state index is -0.298. The van der Waals surface area contributed by atoms with Crippen LogP contribution in [0.2, 0.25) is 0 Å². The second-order valence-corrected chi connectivity index (χ2v) is 3.39. The maximum Gasteiger partial charge on any atom is 0.293 e. The molecule has 0 fully saturated rings. The standard InChI is InChI=1S/C9H15N5O2/c1-6-11-8(13-12-6)9(16)14(3)5-4-7(15)10-2/h4-5H2,1-3H3,(H,10,15)(H,11,12,13). The fourth-order valence-electron chi connectivity index (χ4n) is 1.10. The van der Waals surface area contributed by atoms with E-state index in [9.17, 15) is 9.59 Å². The predicted molar refractivity (Wildman–Crippen MR) is 56.8 cm³/mol. The monoisotopic (exact) mass is 225 g/mol. The topological polar surface area (TPSA) is 91.0 Å². The van der Waals surface area contributed by atoms with Crippen LogP contribution in [0.4, 0.5) is 0 Å². The van der Waals surface area contributed by atoms with Crippen molar-refractivity contribution in [2.24, 2.45) is 0 Å². The van der Waals surface area contributed by atoms with Crippen LogP contribution >= 0.6 is 0 Å². The van der Waals surface area contributed by atoms with E-state index >= 15 is 0 Å². The van der Waals surface area contributed by atoms with Crippen LogP contribution in [-0.4, -0.2) is 52.5 Å². The summed E-state index contributed by atoms with van der Waals surface area (Å²) in [4.78, 5) is 28.0. The molecule has 0 saturated heterocycles. The molecule has 2 amide bonds. The molecule has 16 heavy (non-hydrogen) atoms. The first kappa shape index (κ1) is 12.2. The lowest BCUT2D eigenvalue weighted by Gasteiger charge is -2.14. The van der Waals surface area contributed by atoms with Crippen LogP contribution in [0.1, 0.15) is 22.9 Å². The lowest BCUT2D eigenvalue weighted by molar-refractivity contribution is -0.120. The van der Waals surface area contributed by atoms with E-state index in [1.807, 2.05) is 0 Å². The van der Waals surface area contributed by atoms with Crippen molar-refractivity contribution in [2.45, 2.75) is 13.3 Å². The summed E-state index contributed by atoms with van der Waals surface area (Å²) in [7, 11) is 3.17. The Morgan fingerprint density at radius 1 is 1.50 bits per heavy atom. The molecule has 0 aromatic carbocycles. The van der Waals surface area contributed by atoms with Crippen LogP contribution in [0.5, 0.6) is 0 Å². The minimum Gasteiger partial charge on any atom is -0.359 e. The number of H-pyrrole nitrogens is 1. The molecular weight excluding hydrogens is 210 g/mol. The van der Waals surface area contributed by atoms with Crippen LogP contribution < -0.4 is 5.32 Å². The third kappa shape index (κ3) is 3.04. The van der Waals surface area contributed by atoms with Crippen molar-refractivity contribution >= 4 is 11.8 Å². The van der Waals surface area contributed by atoms with Gasteiger partial charge in [0.1, 0.15) is 5.82 Å². The van der Waals surface area contributed by atoms with E-state index in [2.05, 4.69) is 20.5 Å². The number of carbonyl (C=O) groups is 2. The molecule has 0 aliphatic carbocycles. The molecule has 7 heteroatoms. The molecule has 0 saturated carbocycles. The van der Waals surface area contributed by atoms with Gasteiger partial charge in [-0.15, -0.1) is 5.10 Å². The van der Waals surface area contributed by atoms with Crippen LogP contribution in [0.3, 0.4) is 0 Å². The maximum atomic E-state index is 11.7. The van der Waals surface area contributed by atoms with Gasteiger partial charge in [-0.05, 0) is 6.92 Å². The van der Waals surface area contributed by atoms with Gasteiger partial charge in [0.25, 0.3) is 5.91 Å². The molecule has 0 bridgehead atoms. The first-order chi connectivity index (χ1) is 7.54. The van der Waals surface area contributed by atoms with E-state index in [1.54, 1.807) is 21.0 Å². The van der Waals surface area contributed by atoms with Gasteiger partial charge < -0.3 is 10.2 Å². The number of rotatable bonds is 4. The quantitative estimate of drug-likeness (QED) is 0.710. The Kier molecular flexibility index (Phi) is 3.98. The Bertz CT molecular complexity index is 387. The lowest BCUT2D eigenvalue weighted by Crippen LogP contribution is -2.32. The first-order valence-electron chi connectivity index (χ1n) is 4.89. The van der Waals surface area contributed by atoms with Crippen molar-refractivity contribution in [3.8, 4) is 0 Å². The second-order valence-electron chi connectivity index (χ2n) is 3.39. The number of nitrogens with zero attached hydrogens (tertiary/aromatic N) is 3. The summed E-state index contributed by atoms with van der Waals surface area (Å²) >= 11 is 0.